The highest BCUT2D eigenvalue weighted by molar-refractivity contribution is 5.83. The maximum Gasteiger partial charge on any atom is 0.138 e. The highest BCUT2D eigenvalue weighted by atomic mass is 19.1. The molecule has 0 aliphatic heterocycles. The second-order valence-corrected chi connectivity index (χ2v) is 8.23. The lowest BCUT2D eigenvalue weighted by atomic mass is 9.90. The molecule has 0 saturated heterocycles. The Morgan fingerprint density at radius 2 is 1.91 bits per heavy atom. The van der Waals surface area contributed by atoms with E-state index in [-0.39, 0.29) is 11.0 Å². The Labute approximate surface area is 196 Å². The van der Waals surface area contributed by atoms with Crippen molar-refractivity contribution in [3.8, 4) is 11.8 Å². The fraction of sp³-hybridized carbons (Fsp3) is 0.385. The average Bonchev–Trinajstić information content (AvgIpc) is 2.78. The summed E-state index contributed by atoms with van der Waals surface area (Å²) in [5.74, 6) is -0.0862. The third-order valence-corrected chi connectivity index (χ3v) is 4.96. The molecule has 2 N–H and O–H groups in total. The first-order valence-electron chi connectivity index (χ1n) is 10.9. The highest BCUT2D eigenvalue weighted by Crippen LogP contribution is 2.33. The van der Waals surface area contributed by atoms with Crippen LogP contribution in [0.1, 0.15) is 39.2 Å². The molecule has 7 heteroatoms. The predicted molar refractivity (Wildman–Crippen MR) is 134 cm³/mol. The number of halogens is 1. The molecule has 0 saturated carbocycles. The Morgan fingerprint density at radius 3 is 2.55 bits per heavy atom. The van der Waals surface area contributed by atoms with Crippen LogP contribution < -0.4 is 15.4 Å². The molecule has 0 bridgehead atoms. The first-order valence-corrected chi connectivity index (χ1v) is 10.9. The number of methoxy groups -OCH3 is 1. The number of nitriles is 1. The summed E-state index contributed by atoms with van der Waals surface area (Å²) in [7, 11) is 1.58. The van der Waals surface area contributed by atoms with Crippen LogP contribution in [0.4, 0.5) is 21.5 Å². The van der Waals surface area contributed by atoms with E-state index in [1.165, 1.54) is 6.07 Å². The van der Waals surface area contributed by atoms with Crippen molar-refractivity contribution >= 4 is 29.0 Å². The van der Waals surface area contributed by atoms with E-state index < -0.39 is 5.82 Å². The van der Waals surface area contributed by atoms with Gasteiger partial charge in [-0.15, -0.1) is 0 Å². The Balaban J connectivity index is 2.03. The van der Waals surface area contributed by atoms with Gasteiger partial charge < -0.3 is 20.1 Å². The minimum absolute atomic E-state index is 0.287. The predicted octanol–water partition coefficient (Wildman–Crippen LogP) is 6.40. The van der Waals surface area contributed by atoms with Crippen molar-refractivity contribution in [3.63, 3.8) is 0 Å². The van der Waals surface area contributed by atoms with E-state index in [0.717, 1.165) is 30.8 Å². The van der Waals surface area contributed by atoms with Crippen LogP contribution >= 0.6 is 0 Å². The molecule has 176 valence electrons. The third-order valence-electron chi connectivity index (χ3n) is 4.96. The molecule has 2 rings (SSSR count). The Bertz CT molecular complexity index is 995. The largest absolute Gasteiger partial charge is 0.491 e. The molecular formula is C26H33FN4O2. The lowest BCUT2D eigenvalue weighted by Gasteiger charge is -2.16. The molecule has 2 aromatic carbocycles. The van der Waals surface area contributed by atoms with Gasteiger partial charge in [-0.2, -0.15) is 5.26 Å². The third kappa shape index (κ3) is 8.24. The molecule has 33 heavy (non-hydrogen) atoms. The van der Waals surface area contributed by atoms with Crippen molar-refractivity contribution in [1.82, 2.24) is 0 Å². The van der Waals surface area contributed by atoms with E-state index in [4.69, 9.17) is 14.7 Å². The zero-order valence-corrected chi connectivity index (χ0v) is 19.9. The lowest BCUT2D eigenvalue weighted by molar-refractivity contribution is 0.146. The van der Waals surface area contributed by atoms with Gasteiger partial charge >= 0.3 is 0 Å². The van der Waals surface area contributed by atoms with Gasteiger partial charge in [0.2, 0.25) is 0 Å². The lowest BCUT2D eigenvalue weighted by Crippen LogP contribution is -2.11. The zero-order chi connectivity index (χ0) is 24.3. The molecule has 0 atom stereocenters. The minimum atomic E-state index is -0.471. The Kier molecular flexibility index (Phi) is 9.89. The summed E-state index contributed by atoms with van der Waals surface area (Å²) < 4.78 is 25.4. The molecule has 0 spiro atoms. The fourth-order valence-electron chi connectivity index (χ4n) is 3.16. The van der Waals surface area contributed by atoms with Crippen LogP contribution in [-0.4, -0.2) is 33.1 Å². The van der Waals surface area contributed by atoms with E-state index in [1.54, 1.807) is 26.3 Å². The summed E-state index contributed by atoms with van der Waals surface area (Å²) in [5, 5.41) is 15.6. The number of anilines is 2. The number of nitrogens with one attached hydrogen (secondary N) is 2. The number of nitrogens with zero attached hydrogens (tertiary/aromatic N) is 2. The van der Waals surface area contributed by atoms with Gasteiger partial charge in [-0.3, -0.25) is 4.99 Å². The topological polar surface area (TPSA) is 78.7 Å². The van der Waals surface area contributed by atoms with Crippen molar-refractivity contribution in [2.24, 2.45) is 10.4 Å². The van der Waals surface area contributed by atoms with Gasteiger partial charge in [-0.05, 0) is 57.9 Å². The summed E-state index contributed by atoms with van der Waals surface area (Å²) in [6.45, 7) is 11.2. The Morgan fingerprint density at radius 1 is 1.21 bits per heavy atom. The quantitative estimate of drug-likeness (QED) is 0.272. The van der Waals surface area contributed by atoms with E-state index in [2.05, 4.69) is 28.3 Å². The minimum Gasteiger partial charge on any atom is -0.491 e. The molecule has 0 aromatic heterocycles. The highest BCUT2D eigenvalue weighted by Gasteiger charge is 2.16. The summed E-state index contributed by atoms with van der Waals surface area (Å²) in [6, 6.07) is 13.0. The van der Waals surface area contributed by atoms with Gasteiger partial charge in [0.1, 0.15) is 18.2 Å². The molecule has 0 aliphatic carbocycles. The molecule has 6 nitrogen and oxygen atoms in total. The van der Waals surface area contributed by atoms with Crippen molar-refractivity contribution < 1.29 is 13.9 Å². The Hall–Kier alpha value is -3.37. The van der Waals surface area contributed by atoms with Gasteiger partial charge in [0.25, 0.3) is 0 Å². The average molecular weight is 453 g/mol. The van der Waals surface area contributed by atoms with E-state index in [1.807, 2.05) is 38.1 Å². The molecular weight excluding hydrogens is 419 g/mol. The molecule has 0 unspecified atom stereocenters. The van der Waals surface area contributed by atoms with Crippen LogP contribution in [-0.2, 0) is 4.74 Å². The van der Waals surface area contributed by atoms with Gasteiger partial charge in [0.15, 0.2) is 0 Å². The maximum atomic E-state index is 14.9. The van der Waals surface area contributed by atoms with E-state index >= 15 is 0 Å². The number of rotatable bonds is 13. The van der Waals surface area contributed by atoms with Gasteiger partial charge in [0.05, 0.1) is 29.3 Å². The summed E-state index contributed by atoms with van der Waals surface area (Å²) in [5.41, 5.74) is 2.56. The van der Waals surface area contributed by atoms with Crippen LogP contribution in [0.2, 0.25) is 0 Å². The number of aliphatic imine (C=N–C) groups is 1. The van der Waals surface area contributed by atoms with Crippen LogP contribution in [0.3, 0.4) is 0 Å². The summed E-state index contributed by atoms with van der Waals surface area (Å²) in [6.07, 6.45) is 3.34. The van der Waals surface area contributed by atoms with Crippen molar-refractivity contribution in [2.45, 2.75) is 33.6 Å². The zero-order valence-electron chi connectivity index (χ0n) is 19.9. The SMILES string of the molecule is C=C(Nc1ccc(NCCCC(C)(C)C#N)cc1)c1c(F)cc(OCCOC)cc1N=CC. The smallest absolute Gasteiger partial charge is 0.138 e. The normalized spacial score (nSPS) is 11.3. The monoisotopic (exact) mass is 452 g/mol. The molecule has 0 amide bonds. The summed E-state index contributed by atoms with van der Waals surface area (Å²) >= 11 is 0. The molecule has 0 aliphatic rings. The molecule has 0 fully saturated rings. The second-order valence-electron chi connectivity index (χ2n) is 8.23. The molecule has 2 aromatic rings. The van der Waals surface area contributed by atoms with Crippen LogP contribution in [0.15, 0.2) is 48.0 Å². The maximum absolute atomic E-state index is 14.9. The van der Waals surface area contributed by atoms with Crippen LogP contribution in [0, 0.1) is 22.6 Å². The van der Waals surface area contributed by atoms with Crippen molar-refractivity contribution in [3.05, 3.63) is 54.4 Å². The first kappa shape index (κ1) is 25.9. The van der Waals surface area contributed by atoms with Gasteiger partial charge in [0, 0.05) is 49.1 Å². The number of benzene rings is 2. The van der Waals surface area contributed by atoms with E-state index in [0.29, 0.717) is 30.3 Å². The summed E-state index contributed by atoms with van der Waals surface area (Å²) in [4.78, 5) is 4.29. The van der Waals surface area contributed by atoms with Crippen molar-refractivity contribution in [1.29, 1.82) is 5.26 Å². The van der Waals surface area contributed by atoms with Gasteiger partial charge in [-0.1, -0.05) is 6.58 Å². The van der Waals surface area contributed by atoms with Crippen molar-refractivity contribution in [2.75, 3.05) is 37.5 Å². The van der Waals surface area contributed by atoms with Gasteiger partial charge in [-0.25, -0.2) is 4.39 Å². The number of ether oxygens (including phenoxy) is 2. The number of hydrogen-bond acceptors (Lipinski definition) is 6. The number of hydrogen-bond donors (Lipinski definition) is 2. The first-order chi connectivity index (χ1) is 15.8. The van der Waals surface area contributed by atoms with Crippen LogP contribution in [0.5, 0.6) is 5.75 Å². The van der Waals surface area contributed by atoms with Crippen LogP contribution in [0.25, 0.3) is 5.70 Å². The fourth-order valence-corrected chi connectivity index (χ4v) is 3.16. The molecule has 0 radical (unpaired) electrons. The molecule has 0 heterocycles. The standard InChI is InChI=1S/C26H33FN4O2/c1-6-29-24-17-22(33-15-14-32-5)16-23(27)25(24)19(2)31-21-10-8-20(9-11-21)30-13-7-12-26(3,4)18-28/h6,8-11,16-17,30-31H,2,7,12-15H2,1,3-5H3. The second kappa shape index (κ2) is 12.6. The van der Waals surface area contributed by atoms with E-state index in [9.17, 15) is 4.39 Å².